The first-order valence-corrected chi connectivity index (χ1v) is 9.96. The van der Waals surface area contributed by atoms with Crippen LogP contribution in [0.5, 0.6) is 0 Å². The molecule has 8 nitrogen and oxygen atoms in total. The van der Waals surface area contributed by atoms with Gasteiger partial charge in [-0.15, -0.1) is 0 Å². The number of carbonyl (C=O) groups excluding carboxylic acids is 4. The molecule has 1 saturated carbocycles. The van der Waals surface area contributed by atoms with Gasteiger partial charge < -0.3 is 14.1 Å². The summed E-state index contributed by atoms with van der Waals surface area (Å²) in [6, 6.07) is 8.66. The number of furan rings is 1. The molecular weight excluding hydrogens is 388 g/mol. The minimum atomic E-state index is -0.875. The van der Waals surface area contributed by atoms with Crippen molar-refractivity contribution in [2.45, 2.75) is 38.8 Å². The normalized spacial score (nSPS) is 18.6. The molecule has 1 aliphatic heterocycles. The highest BCUT2D eigenvalue weighted by Crippen LogP contribution is 2.35. The highest BCUT2D eigenvalue weighted by atomic mass is 16.5. The highest BCUT2D eigenvalue weighted by molar-refractivity contribution is 6.23. The molecule has 1 saturated heterocycles. The maximum Gasteiger partial charge on any atom is 0.338 e. The summed E-state index contributed by atoms with van der Waals surface area (Å²) in [6.07, 6.45) is 3.01. The lowest BCUT2D eigenvalue weighted by Crippen LogP contribution is -2.45. The van der Waals surface area contributed by atoms with Gasteiger partial charge in [-0.05, 0) is 56.2 Å². The SMILES string of the molecule is CCOC(=O)c1ccc(N2C(=O)CC(N(Cc3ccco3)C(=O)C3CC3)C2=O)cc1. The lowest BCUT2D eigenvalue weighted by Gasteiger charge is -2.27. The number of hydrogen-bond acceptors (Lipinski definition) is 6. The van der Waals surface area contributed by atoms with Crippen LogP contribution >= 0.6 is 0 Å². The largest absolute Gasteiger partial charge is 0.467 e. The van der Waals surface area contributed by atoms with E-state index in [-0.39, 0.29) is 37.3 Å². The van der Waals surface area contributed by atoms with Gasteiger partial charge >= 0.3 is 5.97 Å². The third-order valence-corrected chi connectivity index (χ3v) is 5.25. The van der Waals surface area contributed by atoms with Gasteiger partial charge in [-0.1, -0.05) is 0 Å². The van der Waals surface area contributed by atoms with Crippen LogP contribution in [0.1, 0.15) is 42.3 Å². The van der Waals surface area contributed by atoms with Crippen LogP contribution in [-0.4, -0.2) is 41.2 Å². The number of benzene rings is 1. The van der Waals surface area contributed by atoms with Crippen LogP contribution in [0.25, 0.3) is 0 Å². The van der Waals surface area contributed by atoms with E-state index in [9.17, 15) is 19.2 Å². The van der Waals surface area contributed by atoms with Crippen molar-refractivity contribution >= 4 is 29.4 Å². The number of ether oxygens (including phenoxy) is 1. The summed E-state index contributed by atoms with van der Waals surface area (Å²) < 4.78 is 10.3. The number of rotatable bonds is 7. The van der Waals surface area contributed by atoms with Crippen LogP contribution in [0.15, 0.2) is 47.1 Å². The number of imide groups is 1. The van der Waals surface area contributed by atoms with Gasteiger partial charge in [0.1, 0.15) is 11.8 Å². The summed E-state index contributed by atoms with van der Waals surface area (Å²) in [6.45, 7) is 2.11. The quantitative estimate of drug-likeness (QED) is 0.514. The third-order valence-electron chi connectivity index (χ3n) is 5.25. The van der Waals surface area contributed by atoms with Gasteiger partial charge in [0.2, 0.25) is 11.8 Å². The topological polar surface area (TPSA) is 97.1 Å². The van der Waals surface area contributed by atoms with E-state index in [1.807, 2.05) is 0 Å². The number of amides is 3. The Bertz CT molecular complexity index is 962. The van der Waals surface area contributed by atoms with Crippen LogP contribution in [0.3, 0.4) is 0 Å². The van der Waals surface area contributed by atoms with E-state index in [4.69, 9.17) is 9.15 Å². The molecule has 8 heteroatoms. The molecule has 0 radical (unpaired) electrons. The number of anilines is 1. The molecule has 1 aromatic heterocycles. The Labute approximate surface area is 173 Å². The molecule has 2 aliphatic rings. The molecular formula is C22H22N2O6. The van der Waals surface area contributed by atoms with Crippen LogP contribution in [-0.2, 0) is 25.7 Å². The van der Waals surface area contributed by atoms with Crippen molar-refractivity contribution in [3.05, 3.63) is 54.0 Å². The van der Waals surface area contributed by atoms with E-state index in [1.165, 1.54) is 35.4 Å². The summed E-state index contributed by atoms with van der Waals surface area (Å²) in [5, 5.41) is 0. The van der Waals surface area contributed by atoms with Crippen LogP contribution < -0.4 is 4.90 Å². The second kappa shape index (κ2) is 8.14. The highest BCUT2D eigenvalue weighted by Gasteiger charge is 2.47. The second-order valence-electron chi connectivity index (χ2n) is 7.37. The zero-order valence-corrected chi connectivity index (χ0v) is 16.6. The average Bonchev–Trinajstić information content (AvgIpc) is 3.38. The minimum Gasteiger partial charge on any atom is -0.467 e. The number of esters is 1. The van der Waals surface area contributed by atoms with Gasteiger partial charge in [0.25, 0.3) is 5.91 Å². The van der Waals surface area contributed by atoms with Crippen molar-refractivity contribution in [1.82, 2.24) is 4.90 Å². The second-order valence-corrected chi connectivity index (χ2v) is 7.37. The Morgan fingerprint density at radius 3 is 2.50 bits per heavy atom. The minimum absolute atomic E-state index is 0.0857. The molecule has 1 aliphatic carbocycles. The Morgan fingerprint density at radius 2 is 1.90 bits per heavy atom. The zero-order valence-electron chi connectivity index (χ0n) is 16.6. The van der Waals surface area contributed by atoms with E-state index in [0.29, 0.717) is 17.0 Å². The molecule has 0 spiro atoms. The summed E-state index contributed by atoms with van der Waals surface area (Å²) in [4.78, 5) is 53.0. The van der Waals surface area contributed by atoms with E-state index in [2.05, 4.69) is 0 Å². The first kappa shape index (κ1) is 19.9. The summed E-state index contributed by atoms with van der Waals surface area (Å²) in [5.74, 6) is -0.980. The standard InChI is InChI=1S/C22H22N2O6/c1-2-29-22(28)15-7-9-16(10-8-15)24-19(25)12-18(21(24)27)23(20(26)14-5-6-14)13-17-4-3-11-30-17/h3-4,7-11,14,18H,2,5-6,12-13H2,1H3. The Morgan fingerprint density at radius 1 is 1.17 bits per heavy atom. The van der Waals surface area contributed by atoms with Gasteiger partial charge in [-0.3, -0.25) is 14.4 Å². The smallest absolute Gasteiger partial charge is 0.338 e. The predicted octanol–water partition coefficient (Wildman–Crippen LogP) is 2.53. The summed E-state index contributed by atoms with van der Waals surface area (Å²) in [7, 11) is 0. The molecule has 2 fully saturated rings. The molecule has 2 aromatic rings. The number of carbonyl (C=O) groups is 4. The zero-order chi connectivity index (χ0) is 21.3. The third kappa shape index (κ3) is 3.85. The number of hydrogen-bond donors (Lipinski definition) is 0. The fourth-order valence-corrected chi connectivity index (χ4v) is 3.57. The maximum atomic E-state index is 13.1. The molecule has 0 N–H and O–H groups in total. The van der Waals surface area contributed by atoms with Gasteiger partial charge in [0.15, 0.2) is 0 Å². The van der Waals surface area contributed by atoms with E-state index >= 15 is 0 Å². The molecule has 30 heavy (non-hydrogen) atoms. The van der Waals surface area contributed by atoms with E-state index < -0.39 is 17.9 Å². The molecule has 1 unspecified atom stereocenters. The van der Waals surface area contributed by atoms with Crippen molar-refractivity contribution < 1.29 is 28.3 Å². The van der Waals surface area contributed by atoms with Crippen molar-refractivity contribution in [2.75, 3.05) is 11.5 Å². The lowest BCUT2D eigenvalue weighted by molar-refractivity contribution is -0.140. The Balaban J connectivity index is 1.56. The first-order chi connectivity index (χ1) is 14.5. The predicted molar refractivity (Wildman–Crippen MR) is 105 cm³/mol. The van der Waals surface area contributed by atoms with Gasteiger partial charge in [-0.25, -0.2) is 9.69 Å². The van der Waals surface area contributed by atoms with E-state index in [1.54, 1.807) is 19.1 Å². The van der Waals surface area contributed by atoms with Gasteiger partial charge in [-0.2, -0.15) is 0 Å². The summed E-state index contributed by atoms with van der Waals surface area (Å²) >= 11 is 0. The molecule has 3 amide bonds. The average molecular weight is 410 g/mol. The van der Waals surface area contributed by atoms with Crippen LogP contribution in [0, 0.1) is 5.92 Å². The van der Waals surface area contributed by atoms with Crippen molar-refractivity contribution in [1.29, 1.82) is 0 Å². The molecule has 2 heterocycles. The maximum absolute atomic E-state index is 13.1. The van der Waals surface area contributed by atoms with Crippen molar-refractivity contribution in [2.24, 2.45) is 5.92 Å². The fraction of sp³-hybridized carbons (Fsp3) is 0.364. The number of nitrogens with zero attached hydrogens (tertiary/aromatic N) is 2. The monoisotopic (exact) mass is 410 g/mol. The molecule has 4 rings (SSSR count). The summed E-state index contributed by atoms with van der Waals surface area (Å²) in [5.41, 5.74) is 0.692. The Hall–Kier alpha value is -3.42. The Kier molecular flexibility index (Phi) is 5.39. The van der Waals surface area contributed by atoms with Gasteiger partial charge in [0, 0.05) is 5.92 Å². The molecule has 1 aromatic carbocycles. The van der Waals surface area contributed by atoms with E-state index in [0.717, 1.165) is 17.7 Å². The van der Waals surface area contributed by atoms with Gasteiger partial charge in [0.05, 0.1) is 37.1 Å². The first-order valence-electron chi connectivity index (χ1n) is 9.96. The van der Waals surface area contributed by atoms with Crippen molar-refractivity contribution in [3.8, 4) is 0 Å². The molecule has 0 bridgehead atoms. The van der Waals surface area contributed by atoms with Crippen LogP contribution in [0.2, 0.25) is 0 Å². The molecule has 156 valence electrons. The van der Waals surface area contributed by atoms with Crippen LogP contribution in [0.4, 0.5) is 5.69 Å². The molecule has 1 atom stereocenters. The lowest BCUT2D eigenvalue weighted by atomic mass is 10.1. The fourth-order valence-electron chi connectivity index (χ4n) is 3.57. The van der Waals surface area contributed by atoms with Crippen molar-refractivity contribution in [3.63, 3.8) is 0 Å².